The van der Waals surface area contributed by atoms with Crippen LogP contribution in [0.25, 0.3) is 0 Å². The van der Waals surface area contributed by atoms with Gasteiger partial charge in [-0.15, -0.1) is 0 Å². The van der Waals surface area contributed by atoms with E-state index in [0.29, 0.717) is 19.6 Å². The van der Waals surface area contributed by atoms with Gasteiger partial charge in [0.2, 0.25) is 6.41 Å². The molecule has 0 N–H and O–H groups in total. The predicted octanol–water partition coefficient (Wildman–Crippen LogP) is 1.90. The van der Waals surface area contributed by atoms with Crippen LogP contribution < -0.4 is 4.74 Å². The third kappa shape index (κ3) is 5.26. The van der Waals surface area contributed by atoms with E-state index in [1.807, 2.05) is 0 Å². The smallest absolute Gasteiger partial charge is 0.422 e. The summed E-state index contributed by atoms with van der Waals surface area (Å²) in [7, 11) is 0. The summed E-state index contributed by atoms with van der Waals surface area (Å²) in [5, 5.41) is 0. The van der Waals surface area contributed by atoms with E-state index in [1.165, 1.54) is 0 Å². The highest BCUT2D eigenvalue weighted by molar-refractivity contribution is 5.47. The van der Waals surface area contributed by atoms with E-state index in [4.69, 9.17) is 0 Å². The van der Waals surface area contributed by atoms with Crippen molar-refractivity contribution in [2.45, 2.75) is 12.7 Å². The molecule has 1 amide bonds. The van der Waals surface area contributed by atoms with Crippen LogP contribution in [0, 0.1) is 0 Å². The van der Waals surface area contributed by atoms with Gasteiger partial charge in [-0.1, -0.05) is 12.1 Å². The summed E-state index contributed by atoms with van der Waals surface area (Å²) in [6.07, 6.45) is -3.47. The van der Waals surface area contributed by atoms with Crippen LogP contribution in [0.4, 0.5) is 13.2 Å². The number of rotatable bonds is 5. The summed E-state index contributed by atoms with van der Waals surface area (Å²) >= 11 is 0. The first kappa shape index (κ1) is 15.6. The summed E-state index contributed by atoms with van der Waals surface area (Å²) in [6.45, 7) is 2.44. The van der Waals surface area contributed by atoms with Crippen molar-refractivity contribution in [3.63, 3.8) is 0 Å². The highest BCUT2D eigenvalue weighted by atomic mass is 19.4. The van der Waals surface area contributed by atoms with Crippen molar-refractivity contribution in [2.24, 2.45) is 0 Å². The van der Waals surface area contributed by atoms with E-state index < -0.39 is 12.8 Å². The SMILES string of the molecule is O=CN1CCN(Cc2ccc(OCC(F)(F)F)cc2)CC1. The number of carbonyl (C=O) groups is 1. The van der Waals surface area contributed by atoms with Gasteiger partial charge in [0.15, 0.2) is 6.61 Å². The first-order valence-electron chi connectivity index (χ1n) is 6.66. The van der Waals surface area contributed by atoms with Crippen LogP contribution in [0.3, 0.4) is 0 Å². The van der Waals surface area contributed by atoms with Gasteiger partial charge < -0.3 is 9.64 Å². The zero-order valence-corrected chi connectivity index (χ0v) is 11.5. The number of carbonyl (C=O) groups excluding carboxylic acids is 1. The van der Waals surface area contributed by atoms with Gasteiger partial charge in [-0.25, -0.2) is 0 Å². The van der Waals surface area contributed by atoms with Crippen LogP contribution in [0.2, 0.25) is 0 Å². The fourth-order valence-corrected chi connectivity index (χ4v) is 2.14. The Morgan fingerprint density at radius 1 is 1.10 bits per heavy atom. The molecule has 0 atom stereocenters. The number of hydrogen-bond donors (Lipinski definition) is 0. The zero-order chi connectivity index (χ0) is 15.3. The van der Waals surface area contributed by atoms with Crippen LogP contribution in [-0.2, 0) is 11.3 Å². The summed E-state index contributed by atoms with van der Waals surface area (Å²) in [5.41, 5.74) is 1.01. The van der Waals surface area contributed by atoms with Gasteiger partial charge >= 0.3 is 6.18 Å². The maximum Gasteiger partial charge on any atom is 0.422 e. The summed E-state index contributed by atoms with van der Waals surface area (Å²) in [4.78, 5) is 14.5. The molecule has 1 aromatic rings. The van der Waals surface area contributed by atoms with Gasteiger partial charge in [-0.05, 0) is 17.7 Å². The van der Waals surface area contributed by atoms with Gasteiger partial charge in [0.25, 0.3) is 0 Å². The second-order valence-electron chi connectivity index (χ2n) is 4.97. The molecule has 0 aliphatic carbocycles. The fourth-order valence-electron chi connectivity index (χ4n) is 2.14. The third-order valence-corrected chi connectivity index (χ3v) is 3.29. The third-order valence-electron chi connectivity index (χ3n) is 3.29. The van der Waals surface area contributed by atoms with Crippen LogP contribution in [0.5, 0.6) is 5.75 Å². The van der Waals surface area contributed by atoms with Crippen molar-refractivity contribution in [2.75, 3.05) is 32.8 Å². The van der Waals surface area contributed by atoms with E-state index >= 15 is 0 Å². The number of ether oxygens (including phenoxy) is 1. The van der Waals surface area contributed by atoms with Gasteiger partial charge in [-0.2, -0.15) is 13.2 Å². The van der Waals surface area contributed by atoms with Crippen molar-refractivity contribution in [3.05, 3.63) is 29.8 Å². The van der Waals surface area contributed by atoms with Crippen molar-refractivity contribution in [3.8, 4) is 5.75 Å². The van der Waals surface area contributed by atoms with Crippen molar-refractivity contribution in [1.29, 1.82) is 0 Å². The molecule has 0 spiro atoms. The Bertz CT molecular complexity index is 454. The Kier molecular flexibility index (Phi) is 5.06. The van der Waals surface area contributed by atoms with E-state index in [0.717, 1.165) is 25.1 Å². The first-order valence-corrected chi connectivity index (χ1v) is 6.66. The average Bonchev–Trinajstić information content (AvgIpc) is 2.46. The van der Waals surface area contributed by atoms with Crippen LogP contribution >= 0.6 is 0 Å². The lowest BCUT2D eigenvalue weighted by Gasteiger charge is -2.32. The van der Waals surface area contributed by atoms with Gasteiger partial charge in [0, 0.05) is 32.7 Å². The molecule has 1 saturated heterocycles. The van der Waals surface area contributed by atoms with Crippen LogP contribution in [0.15, 0.2) is 24.3 Å². The minimum atomic E-state index is -4.32. The minimum absolute atomic E-state index is 0.210. The van der Waals surface area contributed by atoms with Crippen molar-refractivity contribution in [1.82, 2.24) is 9.80 Å². The quantitative estimate of drug-likeness (QED) is 0.779. The van der Waals surface area contributed by atoms with Crippen LogP contribution in [-0.4, -0.2) is 55.2 Å². The van der Waals surface area contributed by atoms with Gasteiger partial charge in [0.05, 0.1) is 0 Å². The molecule has 0 aromatic heterocycles. The molecule has 21 heavy (non-hydrogen) atoms. The number of amides is 1. The average molecular weight is 302 g/mol. The molecule has 116 valence electrons. The Morgan fingerprint density at radius 3 is 2.24 bits per heavy atom. The monoisotopic (exact) mass is 302 g/mol. The Labute approximate surface area is 121 Å². The number of halogens is 3. The largest absolute Gasteiger partial charge is 0.484 e. The topological polar surface area (TPSA) is 32.8 Å². The number of benzene rings is 1. The molecule has 7 heteroatoms. The predicted molar refractivity (Wildman–Crippen MR) is 70.9 cm³/mol. The zero-order valence-electron chi connectivity index (χ0n) is 11.5. The van der Waals surface area contributed by atoms with Crippen molar-refractivity contribution >= 4 is 6.41 Å². The van der Waals surface area contributed by atoms with Crippen LogP contribution in [0.1, 0.15) is 5.56 Å². The lowest BCUT2D eigenvalue weighted by molar-refractivity contribution is -0.153. The Morgan fingerprint density at radius 2 is 1.71 bits per heavy atom. The molecule has 1 aliphatic heterocycles. The lowest BCUT2D eigenvalue weighted by atomic mass is 10.2. The summed E-state index contributed by atoms with van der Waals surface area (Å²) < 4.78 is 40.7. The number of nitrogens with zero attached hydrogens (tertiary/aromatic N) is 2. The molecule has 1 fully saturated rings. The van der Waals surface area contributed by atoms with Gasteiger partial charge in [-0.3, -0.25) is 9.69 Å². The molecule has 1 heterocycles. The molecule has 0 bridgehead atoms. The lowest BCUT2D eigenvalue weighted by Crippen LogP contribution is -2.45. The summed E-state index contributed by atoms with van der Waals surface area (Å²) in [5.74, 6) is 0.210. The number of alkyl halides is 3. The van der Waals surface area contributed by atoms with E-state index in [2.05, 4.69) is 9.64 Å². The molecular weight excluding hydrogens is 285 g/mol. The standard InChI is InChI=1S/C14H17F3N2O2/c15-14(16,17)10-21-13-3-1-12(2-4-13)9-18-5-7-19(11-20)8-6-18/h1-4,11H,5-10H2. The molecule has 0 unspecified atom stereocenters. The highest BCUT2D eigenvalue weighted by Crippen LogP contribution is 2.19. The molecule has 4 nitrogen and oxygen atoms in total. The number of piperazine rings is 1. The molecular formula is C14H17F3N2O2. The second kappa shape index (κ2) is 6.80. The van der Waals surface area contributed by atoms with E-state index in [1.54, 1.807) is 29.2 Å². The van der Waals surface area contributed by atoms with E-state index in [-0.39, 0.29) is 5.75 Å². The Hall–Kier alpha value is -1.76. The Balaban J connectivity index is 1.81. The normalized spacial score (nSPS) is 16.8. The summed E-state index contributed by atoms with van der Waals surface area (Å²) in [6, 6.07) is 6.61. The molecule has 1 aromatic carbocycles. The molecule has 0 radical (unpaired) electrons. The fraction of sp³-hybridized carbons (Fsp3) is 0.500. The first-order chi connectivity index (χ1) is 9.96. The van der Waals surface area contributed by atoms with Crippen molar-refractivity contribution < 1.29 is 22.7 Å². The molecule has 2 rings (SSSR count). The molecule has 0 saturated carbocycles. The second-order valence-corrected chi connectivity index (χ2v) is 4.97. The minimum Gasteiger partial charge on any atom is -0.484 e. The molecule has 1 aliphatic rings. The number of hydrogen-bond acceptors (Lipinski definition) is 3. The highest BCUT2D eigenvalue weighted by Gasteiger charge is 2.28. The maximum atomic E-state index is 12.0. The van der Waals surface area contributed by atoms with Gasteiger partial charge in [0.1, 0.15) is 5.75 Å². The maximum absolute atomic E-state index is 12.0. The van der Waals surface area contributed by atoms with E-state index in [9.17, 15) is 18.0 Å².